The van der Waals surface area contributed by atoms with Gasteiger partial charge in [-0.25, -0.2) is 0 Å². The Morgan fingerprint density at radius 3 is 2.25 bits per heavy atom. The van der Waals surface area contributed by atoms with Gasteiger partial charge in [-0.05, 0) is 44.5 Å². The van der Waals surface area contributed by atoms with Crippen LogP contribution in [0.4, 0.5) is 0 Å². The Hall–Kier alpha value is -1.81. The van der Waals surface area contributed by atoms with Crippen LogP contribution < -0.4 is 4.74 Å². The predicted octanol–water partition coefficient (Wildman–Crippen LogP) is 2.95. The summed E-state index contributed by atoms with van der Waals surface area (Å²) in [6, 6.07) is 3.06. The summed E-state index contributed by atoms with van der Waals surface area (Å²) in [5, 5.41) is 9.52. The molecule has 0 bridgehead atoms. The third-order valence-electron chi connectivity index (χ3n) is 3.20. The number of hydrogen-bond acceptors (Lipinski definition) is 3. The van der Waals surface area contributed by atoms with Gasteiger partial charge < -0.3 is 9.84 Å². The smallest absolute Gasteiger partial charge is 0.325 e. The summed E-state index contributed by atoms with van der Waals surface area (Å²) >= 11 is 0. The fourth-order valence-corrected chi connectivity index (χ4v) is 2.57. The van der Waals surface area contributed by atoms with E-state index in [1.165, 1.54) is 0 Å². The van der Waals surface area contributed by atoms with Gasteiger partial charge in [0.05, 0.1) is 7.11 Å². The van der Waals surface area contributed by atoms with E-state index in [0.29, 0.717) is 6.54 Å². The van der Waals surface area contributed by atoms with Gasteiger partial charge in [-0.15, -0.1) is 0 Å². The Bertz CT molecular complexity index is 499. The summed E-state index contributed by atoms with van der Waals surface area (Å²) in [7, 11) is 3.42. The molecule has 0 aliphatic carbocycles. The minimum atomic E-state index is -0.863. The number of aliphatic carboxylic acids is 1. The monoisotopic (exact) mass is 277 g/mol. The second-order valence-electron chi connectivity index (χ2n) is 5.30. The Morgan fingerprint density at radius 1 is 1.40 bits per heavy atom. The van der Waals surface area contributed by atoms with Gasteiger partial charge in [-0.1, -0.05) is 24.3 Å². The zero-order valence-corrected chi connectivity index (χ0v) is 12.9. The maximum absolute atomic E-state index is 11.6. The van der Waals surface area contributed by atoms with E-state index in [2.05, 4.69) is 6.58 Å². The number of carbonyl (C=O) groups is 1. The van der Waals surface area contributed by atoms with Crippen molar-refractivity contribution < 1.29 is 14.6 Å². The van der Waals surface area contributed by atoms with Gasteiger partial charge in [0.25, 0.3) is 0 Å². The van der Waals surface area contributed by atoms with E-state index in [4.69, 9.17) is 4.74 Å². The van der Waals surface area contributed by atoms with Crippen LogP contribution in [0.3, 0.4) is 0 Å². The minimum Gasteiger partial charge on any atom is -0.496 e. The molecule has 4 heteroatoms. The molecule has 0 saturated heterocycles. The maximum atomic E-state index is 11.6. The van der Waals surface area contributed by atoms with Gasteiger partial charge in [0, 0.05) is 6.54 Å². The van der Waals surface area contributed by atoms with Crippen molar-refractivity contribution in [2.24, 2.45) is 0 Å². The van der Waals surface area contributed by atoms with E-state index in [1.54, 1.807) is 19.1 Å². The molecule has 0 heterocycles. The highest BCUT2D eigenvalue weighted by Gasteiger charge is 2.25. The first kappa shape index (κ1) is 16.2. The zero-order valence-electron chi connectivity index (χ0n) is 12.9. The third kappa shape index (κ3) is 3.61. The molecule has 1 aromatic carbocycles. The van der Waals surface area contributed by atoms with Crippen molar-refractivity contribution in [3.05, 3.63) is 41.0 Å². The molecule has 1 N–H and O–H groups in total. The summed E-state index contributed by atoms with van der Waals surface area (Å²) in [5.74, 6) is -0.0573. The Labute approximate surface area is 120 Å². The van der Waals surface area contributed by atoms with Gasteiger partial charge in [0.1, 0.15) is 11.8 Å². The van der Waals surface area contributed by atoms with Crippen LogP contribution in [0.5, 0.6) is 5.75 Å². The number of nitrogens with zero attached hydrogens (tertiary/aromatic N) is 1. The number of carboxylic acids is 1. The van der Waals surface area contributed by atoms with Crippen molar-refractivity contribution in [3.63, 3.8) is 0 Å². The molecule has 0 radical (unpaired) electrons. The van der Waals surface area contributed by atoms with Crippen molar-refractivity contribution in [3.8, 4) is 5.75 Å². The van der Waals surface area contributed by atoms with Crippen LogP contribution in [0.25, 0.3) is 0 Å². The van der Waals surface area contributed by atoms with E-state index in [0.717, 1.165) is 28.0 Å². The van der Waals surface area contributed by atoms with E-state index in [-0.39, 0.29) is 0 Å². The summed E-state index contributed by atoms with van der Waals surface area (Å²) < 4.78 is 5.32. The molecule has 0 spiro atoms. The van der Waals surface area contributed by atoms with E-state index in [1.807, 2.05) is 32.9 Å². The molecule has 0 unspecified atom stereocenters. The average Bonchev–Trinajstić information content (AvgIpc) is 2.26. The summed E-state index contributed by atoms with van der Waals surface area (Å²) in [6.07, 6.45) is 0. The highest BCUT2D eigenvalue weighted by Crippen LogP contribution is 2.29. The molecule has 0 aliphatic rings. The Balaban J connectivity index is 3.22. The molecule has 20 heavy (non-hydrogen) atoms. The van der Waals surface area contributed by atoms with Crippen molar-refractivity contribution in [1.29, 1.82) is 0 Å². The van der Waals surface area contributed by atoms with Crippen LogP contribution in [-0.4, -0.2) is 36.7 Å². The average molecular weight is 277 g/mol. The predicted molar refractivity (Wildman–Crippen MR) is 80.3 cm³/mol. The summed E-state index contributed by atoms with van der Waals surface area (Å²) in [4.78, 5) is 13.4. The molecule has 1 atom stereocenters. The highest BCUT2D eigenvalue weighted by atomic mass is 16.5. The number of rotatable bonds is 6. The number of aryl methyl sites for hydroxylation is 2. The fraction of sp³-hybridized carbons (Fsp3) is 0.438. The zero-order chi connectivity index (χ0) is 15.4. The van der Waals surface area contributed by atoms with Crippen LogP contribution >= 0.6 is 0 Å². The van der Waals surface area contributed by atoms with E-state index >= 15 is 0 Å². The van der Waals surface area contributed by atoms with Crippen LogP contribution in [0, 0.1) is 13.8 Å². The number of ether oxygens (including phenoxy) is 1. The molecule has 0 amide bonds. The van der Waals surface area contributed by atoms with Crippen molar-refractivity contribution in [2.45, 2.75) is 26.8 Å². The lowest BCUT2D eigenvalue weighted by Gasteiger charge is -2.26. The number of benzene rings is 1. The standard InChI is InChI=1S/C16H23NO3/c1-10(2)9-17(5)14(16(18)19)13-7-11(3)15(20-6)12(4)8-13/h7-8,14H,1,9H2,2-6H3,(H,18,19)/t14-/m0/s1. The topological polar surface area (TPSA) is 49.8 Å². The van der Waals surface area contributed by atoms with Crippen LogP contribution in [0.15, 0.2) is 24.3 Å². The molecular weight excluding hydrogens is 254 g/mol. The van der Waals surface area contributed by atoms with E-state index in [9.17, 15) is 9.90 Å². The Kier molecular flexibility index (Phi) is 5.34. The lowest BCUT2D eigenvalue weighted by molar-refractivity contribution is -0.142. The first-order valence-electron chi connectivity index (χ1n) is 6.50. The number of methoxy groups -OCH3 is 1. The third-order valence-corrected chi connectivity index (χ3v) is 3.20. The van der Waals surface area contributed by atoms with Gasteiger partial charge in [0.15, 0.2) is 0 Å². The summed E-state index contributed by atoms with van der Waals surface area (Å²) in [5.41, 5.74) is 3.58. The molecule has 0 aliphatic heterocycles. The largest absolute Gasteiger partial charge is 0.496 e. The normalized spacial score (nSPS) is 12.3. The molecule has 0 aromatic heterocycles. The van der Waals surface area contributed by atoms with E-state index < -0.39 is 12.0 Å². The molecule has 110 valence electrons. The summed E-state index contributed by atoms with van der Waals surface area (Å²) in [6.45, 7) is 10.1. The van der Waals surface area contributed by atoms with Crippen LogP contribution in [0.2, 0.25) is 0 Å². The molecule has 1 aromatic rings. The second kappa shape index (κ2) is 6.57. The van der Waals surface area contributed by atoms with Crippen LogP contribution in [0.1, 0.15) is 29.7 Å². The first-order chi connectivity index (χ1) is 9.27. The van der Waals surface area contributed by atoms with Gasteiger partial charge in [-0.2, -0.15) is 0 Å². The quantitative estimate of drug-likeness (QED) is 0.812. The molecular formula is C16H23NO3. The second-order valence-corrected chi connectivity index (χ2v) is 5.30. The number of carboxylic acid groups (broad SMARTS) is 1. The Morgan fingerprint density at radius 2 is 1.90 bits per heavy atom. The van der Waals surface area contributed by atoms with Crippen molar-refractivity contribution in [2.75, 3.05) is 20.7 Å². The maximum Gasteiger partial charge on any atom is 0.325 e. The first-order valence-corrected chi connectivity index (χ1v) is 6.50. The lowest BCUT2D eigenvalue weighted by atomic mass is 9.99. The van der Waals surface area contributed by atoms with Crippen molar-refractivity contribution in [1.82, 2.24) is 4.90 Å². The number of hydrogen-bond donors (Lipinski definition) is 1. The highest BCUT2D eigenvalue weighted by molar-refractivity contribution is 5.76. The van der Waals surface area contributed by atoms with Gasteiger partial charge >= 0.3 is 5.97 Å². The van der Waals surface area contributed by atoms with Crippen LogP contribution in [-0.2, 0) is 4.79 Å². The minimum absolute atomic E-state index is 0.543. The SMILES string of the molecule is C=C(C)CN(C)[C@H](C(=O)O)c1cc(C)c(OC)c(C)c1. The molecule has 0 fully saturated rings. The molecule has 0 saturated carbocycles. The molecule has 4 nitrogen and oxygen atoms in total. The van der Waals surface area contributed by atoms with Gasteiger partial charge in [0.2, 0.25) is 0 Å². The van der Waals surface area contributed by atoms with Gasteiger partial charge in [-0.3, -0.25) is 9.69 Å². The lowest BCUT2D eigenvalue weighted by Crippen LogP contribution is -2.32. The number of likely N-dealkylation sites (N-methyl/N-ethyl adjacent to an activating group) is 1. The molecule has 1 rings (SSSR count). The van der Waals surface area contributed by atoms with Crippen molar-refractivity contribution >= 4 is 5.97 Å². The fourth-order valence-electron chi connectivity index (χ4n) is 2.57.